The van der Waals surface area contributed by atoms with E-state index in [9.17, 15) is 19.2 Å². The number of furan rings is 2. The summed E-state index contributed by atoms with van der Waals surface area (Å²) in [7, 11) is 0. The van der Waals surface area contributed by atoms with Crippen LogP contribution in [0.2, 0.25) is 0 Å². The molecule has 0 radical (unpaired) electrons. The van der Waals surface area contributed by atoms with Crippen molar-refractivity contribution in [2.24, 2.45) is 0 Å². The van der Waals surface area contributed by atoms with Crippen LogP contribution in [0.1, 0.15) is 55.7 Å². The van der Waals surface area contributed by atoms with Crippen molar-refractivity contribution in [1.82, 2.24) is 0 Å². The minimum Gasteiger partial charge on any atom is -0.507 e. The molecule has 0 spiro atoms. The Labute approximate surface area is 205 Å². The highest BCUT2D eigenvalue weighted by Gasteiger charge is 2.15. The zero-order chi connectivity index (χ0) is 25.8. The number of phenols is 1. The molecule has 9 heteroatoms. The quantitative estimate of drug-likeness (QED) is 0.155. The van der Waals surface area contributed by atoms with Crippen LogP contribution in [-0.2, 0) is 0 Å². The Kier molecular flexibility index (Phi) is 10.2. The van der Waals surface area contributed by atoms with Crippen LogP contribution in [0.5, 0.6) is 11.5 Å². The van der Waals surface area contributed by atoms with Crippen LogP contribution in [0.3, 0.4) is 0 Å². The second kappa shape index (κ2) is 13.3. The fourth-order valence-corrected chi connectivity index (χ4v) is 2.66. The Hall–Kier alpha value is -4.43. The largest absolute Gasteiger partial charge is 0.507 e. The van der Waals surface area contributed by atoms with Crippen molar-refractivity contribution < 1.29 is 37.9 Å². The standard InChI is InChI=1S/C13H10O4.C8H8O2.C5H3ClO2/c1-9(14)10-5-2-3-6-11(10)17-13(15)12-7-4-8-16-12;1-6(9)7-4-2-3-5-8(7)10;6-5(7)4-2-1-3-8-4/h2-8H,1H3;2-5,10H,1H3;1-3H. The van der Waals surface area contributed by atoms with Crippen LogP contribution in [0.25, 0.3) is 0 Å². The van der Waals surface area contributed by atoms with Crippen molar-refractivity contribution in [3.63, 3.8) is 0 Å². The smallest absolute Gasteiger partial charge is 0.379 e. The Bertz CT molecular complexity index is 1270. The van der Waals surface area contributed by atoms with Crippen molar-refractivity contribution in [3.8, 4) is 11.5 Å². The fraction of sp³-hybridized carbons (Fsp3) is 0.0769. The molecule has 1 N–H and O–H groups in total. The number of carbonyl (C=O) groups is 4. The van der Waals surface area contributed by atoms with Crippen LogP contribution < -0.4 is 4.74 Å². The van der Waals surface area contributed by atoms with Crippen LogP contribution >= 0.6 is 11.6 Å². The van der Waals surface area contributed by atoms with Gasteiger partial charge in [0.15, 0.2) is 17.3 Å². The first-order valence-corrected chi connectivity index (χ1v) is 10.5. The lowest BCUT2D eigenvalue weighted by molar-refractivity contribution is 0.0699. The fourth-order valence-electron chi connectivity index (χ4n) is 2.55. The van der Waals surface area contributed by atoms with Gasteiger partial charge in [-0.15, -0.1) is 0 Å². The van der Waals surface area contributed by atoms with Gasteiger partial charge < -0.3 is 18.7 Å². The third-order valence-electron chi connectivity index (χ3n) is 4.19. The van der Waals surface area contributed by atoms with E-state index in [0.717, 1.165) is 0 Å². The molecule has 4 aromatic rings. The van der Waals surface area contributed by atoms with E-state index in [0.29, 0.717) is 11.1 Å². The maximum Gasteiger partial charge on any atom is 0.379 e. The summed E-state index contributed by atoms with van der Waals surface area (Å²) in [5, 5.41) is 8.50. The van der Waals surface area contributed by atoms with Crippen molar-refractivity contribution in [3.05, 3.63) is 108 Å². The average Bonchev–Trinajstić information content (AvgIpc) is 3.55. The van der Waals surface area contributed by atoms with Crippen molar-refractivity contribution in [1.29, 1.82) is 0 Å². The number of halogens is 1. The molecule has 2 aromatic heterocycles. The maximum absolute atomic E-state index is 11.6. The number of benzene rings is 2. The maximum atomic E-state index is 11.6. The molecule has 0 amide bonds. The number of aromatic hydroxyl groups is 1. The van der Waals surface area contributed by atoms with Gasteiger partial charge in [0.1, 0.15) is 11.5 Å². The van der Waals surface area contributed by atoms with Crippen LogP contribution in [0.15, 0.2) is 94.2 Å². The van der Waals surface area contributed by atoms with E-state index in [-0.39, 0.29) is 34.6 Å². The highest BCUT2D eigenvalue weighted by Crippen LogP contribution is 2.20. The first kappa shape index (κ1) is 26.8. The summed E-state index contributed by atoms with van der Waals surface area (Å²) < 4.78 is 14.6. The minimum absolute atomic E-state index is 0.0509. The van der Waals surface area contributed by atoms with E-state index in [4.69, 9.17) is 25.9 Å². The Morgan fingerprint density at radius 2 is 1.23 bits per heavy atom. The third kappa shape index (κ3) is 8.45. The van der Waals surface area contributed by atoms with Crippen molar-refractivity contribution >= 4 is 34.4 Å². The van der Waals surface area contributed by atoms with E-state index in [1.54, 1.807) is 54.6 Å². The highest BCUT2D eigenvalue weighted by atomic mass is 35.5. The van der Waals surface area contributed by atoms with Crippen molar-refractivity contribution in [2.75, 3.05) is 0 Å². The number of Topliss-reactive ketones (excluding diaryl/α,β-unsaturated/α-hetero) is 2. The predicted octanol–water partition coefficient (Wildman–Crippen LogP) is 5.95. The molecule has 35 heavy (non-hydrogen) atoms. The minimum atomic E-state index is -0.622. The number of esters is 1. The second-order valence-corrected chi connectivity index (χ2v) is 7.09. The Balaban J connectivity index is 0.000000204. The summed E-state index contributed by atoms with van der Waals surface area (Å²) in [5.41, 5.74) is 0.745. The Morgan fingerprint density at radius 3 is 1.66 bits per heavy atom. The molecule has 0 unspecified atom stereocenters. The molecule has 0 aliphatic heterocycles. The van der Waals surface area contributed by atoms with Crippen LogP contribution in [0, 0.1) is 0 Å². The number of rotatable bonds is 5. The number of hydrogen-bond acceptors (Lipinski definition) is 8. The van der Waals surface area contributed by atoms with E-state index in [1.807, 2.05) is 0 Å². The molecule has 180 valence electrons. The number of hydrogen-bond donors (Lipinski definition) is 1. The van der Waals surface area contributed by atoms with Gasteiger partial charge >= 0.3 is 5.97 Å². The summed E-state index contributed by atoms with van der Waals surface area (Å²) in [4.78, 5) is 43.8. The van der Waals surface area contributed by atoms with E-state index in [2.05, 4.69) is 4.42 Å². The van der Waals surface area contributed by atoms with Gasteiger partial charge in [-0.2, -0.15) is 0 Å². The number of ketones is 2. The molecule has 8 nitrogen and oxygen atoms in total. The molecular formula is C26H21ClO8. The zero-order valence-corrected chi connectivity index (χ0v) is 19.5. The van der Waals surface area contributed by atoms with Gasteiger partial charge in [0, 0.05) is 0 Å². The summed E-state index contributed by atoms with van der Waals surface area (Å²) in [5.74, 6) is -0.318. The number of ether oxygens (including phenoxy) is 1. The first-order valence-electron chi connectivity index (χ1n) is 10.1. The summed E-state index contributed by atoms with van der Waals surface area (Å²) in [6, 6.07) is 19.3. The molecule has 0 aliphatic rings. The van der Waals surface area contributed by atoms with Crippen LogP contribution in [0.4, 0.5) is 0 Å². The summed E-state index contributed by atoms with van der Waals surface area (Å²) >= 11 is 5.01. The monoisotopic (exact) mass is 496 g/mol. The topological polar surface area (TPSA) is 124 Å². The first-order chi connectivity index (χ1) is 16.7. The molecular weight excluding hydrogens is 476 g/mol. The predicted molar refractivity (Wildman–Crippen MR) is 127 cm³/mol. The summed E-state index contributed by atoms with van der Waals surface area (Å²) in [6.45, 7) is 2.84. The van der Waals surface area contributed by atoms with E-state index >= 15 is 0 Å². The van der Waals surface area contributed by atoms with Gasteiger partial charge in [0.05, 0.1) is 23.7 Å². The average molecular weight is 497 g/mol. The molecule has 0 saturated carbocycles. The lowest BCUT2D eigenvalue weighted by Gasteiger charge is -2.06. The SMILES string of the molecule is CC(=O)c1ccccc1O.CC(=O)c1ccccc1OC(=O)c1ccco1.O=C(Cl)c1ccco1. The molecule has 2 heterocycles. The molecule has 0 fully saturated rings. The molecule has 0 bridgehead atoms. The van der Waals surface area contributed by atoms with Crippen LogP contribution in [-0.4, -0.2) is 27.9 Å². The zero-order valence-electron chi connectivity index (χ0n) is 18.8. The van der Waals surface area contributed by atoms with Gasteiger partial charge in [-0.05, 0) is 74.0 Å². The highest BCUT2D eigenvalue weighted by molar-refractivity contribution is 6.67. The molecule has 0 saturated heterocycles. The molecule has 0 atom stereocenters. The normalized spacial score (nSPS) is 9.57. The van der Waals surface area contributed by atoms with Crippen molar-refractivity contribution in [2.45, 2.75) is 13.8 Å². The van der Waals surface area contributed by atoms with Gasteiger partial charge in [-0.1, -0.05) is 24.3 Å². The van der Waals surface area contributed by atoms with Gasteiger partial charge in [-0.25, -0.2) is 4.79 Å². The molecule has 0 aliphatic carbocycles. The van der Waals surface area contributed by atoms with Gasteiger partial charge in [-0.3, -0.25) is 14.4 Å². The molecule has 4 rings (SSSR count). The van der Waals surface area contributed by atoms with Gasteiger partial charge in [0.25, 0.3) is 5.24 Å². The Morgan fingerprint density at radius 1 is 0.714 bits per heavy atom. The lowest BCUT2D eigenvalue weighted by atomic mass is 10.1. The lowest BCUT2D eigenvalue weighted by Crippen LogP contribution is -2.09. The van der Waals surface area contributed by atoms with Gasteiger partial charge in [0.2, 0.25) is 5.76 Å². The third-order valence-corrected chi connectivity index (χ3v) is 4.38. The number of para-hydroxylation sites is 2. The van der Waals surface area contributed by atoms with E-state index < -0.39 is 11.2 Å². The van der Waals surface area contributed by atoms with E-state index in [1.165, 1.54) is 44.6 Å². The number of phenolic OH excluding ortho intramolecular Hbond substituents is 1. The number of carbonyl (C=O) groups excluding carboxylic acids is 4. The molecule has 2 aromatic carbocycles. The summed E-state index contributed by atoms with van der Waals surface area (Å²) in [6.07, 6.45) is 2.78. The second-order valence-electron chi connectivity index (χ2n) is 6.74.